The van der Waals surface area contributed by atoms with Crippen LogP contribution in [0.5, 0.6) is 0 Å². The Morgan fingerprint density at radius 2 is 1.89 bits per heavy atom. The van der Waals surface area contributed by atoms with Gasteiger partial charge in [0.15, 0.2) is 0 Å². The number of likely N-dealkylation sites (N-methyl/N-ethyl adjacent to an activating group) is 1. The van der Waals surface area contributed by atoms with Crippen molar-refractivity contribution in [3.8, 4) is 0 Å². The lowest BCUT2D eigenvalue weighted by atomic mass is 9.79. The molecule has 0 aliphatic heterocycles. The van der Waals surface area contributed by atoms with E-state index in [0.29, 0.717) is 31.0 Å². The van der Waals surface area contributed by atoms with E-state index < -0.39 is 0 Å². The summed E-state index contributed by atoms with van der Waals surface area (Å²) in [4.78, 5) is 14.1. The van der Waals surface area contributed by atoms with Gasteiger partial charge in [0.2, 0.25) is 5.91 Å². The van der Waals surface area contributed by atoms with E-state index in [4.69, 9.17) is 0 Å². The fourth-order valence-electron chi connectivity index (χ4n) is 3.28. The average Bonchev–Trinajstić information content (AvgIpc) is 3.25. The van der Waals surface area contributed by atoms with Crippen LogP contribution < -0.4 is 5.32 Å². The van der Waals surface area contributed by atoms with Crippen molar-refractivity contribution in [1.29, 1.82) is 0 Å². The van der Waals surface area contributed by atoms with Gasteiger partial charge in [0.1, 0.15) is 0 Å². The van der Waals surface area contributed by atoms with Crippen LogP contribution in [0.2, 0.25) is 0 Å². The van der Waals surface area contributed by atoms with E-state index in [1.807, 2.05) is 4.90 Å². The van der Waals surface area contributed by atoms with Crippen molar-refractivity contribution < 1.29 is 9.90 Å². The van der Waals surface area contributed by atoms with Crippen LogP contribution in [0.3, 0.4) is 0 Å². The third-order valence-corrected chi connectivity index (χ3v) is 4.63. The van der Waals surface area contributed by atoms with Crippen molar-refractivity contribution >= 4 is 5.91 Å². The molecule has 0 spiro atoms. The Bertz CT molecular complexity index is 292. The van der Waals surface area contributed by atoms with Gasteiger partial charge < -0.3 is 15.3 Å². The Kier molecular flexibility index (Phi) is 5.64. The summed E-state index contributed by atoms with van der Waals surface area (Å²) in [6.45, 7) is 4.51. The van der Waals surface area contributed by atoms with Crippen LogP contribution in [0, 0.1) is 11.8 Å². The molecule has 0 aromatic heterocycles. The van der Waals surface area contributed by atoms with Gasteiger partial charge in [-0.1, -0.05) is 12.8 Å². The maximum absolute atomic E-state index is 12.1. The van der Waals surface area contributed by atoms with Gasteiger partial charge in [0, 0.05) is 19.2 Å². The van der Waals surface area contributed by atoms with Gasteiger partial charge >= 0.3 is 0 Å². The molecule has 2 saturated carbocycles. The SMILES string of the molecule is CCN(C(=O)CNCC1CCCCC1CO)C1CC1. The van der Waals surface area contributed by atoms with Gasteiger partial charge in [-0.05, 0) is 51.0 Å². The highest BCUT2D eigenvalue weighted by Gasteiger charge is 2.31. The topological polar surface area (TPSA) is 52.6 Å². The first kappa shape index (κ1) is 14.8. The third-order valence-electron chi connectivity index (χ3n) is 4.63. The minimum atomic E-state index is 0.237. The average molecular weight is 268 g/mol. The maximum Gasteiger partial charge on any atom is 0.236 e. The molecule has 2 unspecified atom stereocenters. The number of aliphatic hydroxyl groups is 1. The molecule has 110 valence electrons. The summed E-state index contributed by atoms with van der Waals surface area (Å²) in [6, 6.07) is 0.513. The summed E-state index contributed by atoms with van der Waals surface area (Å²) >= 11 is 0. The molecule has 19 heavy (non-hydrogen) atoms. The fraction of sp³-hybridized carbons (Fsp3) is 0.933. The molecule has 0 bridgehead atoms. The monoisotopic (exact) mass is 268 g/mol. The number of hydrogen-bond acceptors (Lipinski definition) is 3. The molecule has 4 heteroatoms. The molecule has 2 fully saturated rings. The molecule has 0 aromatic rings. The number of hydrogen-bond donors (Lipinski definition) is 2. The zero-order valence-electron chi connectivity index (χ0n) is 12.1. The summed E-state index contributed by atoms with van der Waals surface area (Å²) in [5.41, 5.74) is 0. The molecule has 2 rings (SSSR count). The number of nitrogens with one attached hydrogen (secondary N) is 1. The molecular formula is C15H28N2O2. The normalized spacial score (nSPS) is 27.3. The first-order valence-electron chi connectivity index (χ1n) is 7.87. The maximum atomic E-state index is 12.1. The highest BCUT2D eigenvalue weighted by molar-refractivity contribution is 5.78. The lowest BCUT2D eigenvalue weighted by Gasteiger charge is -2.30. The Morgan fingerprint density at radius 1 is 1.21 bits per heavy atom. The van der Waals surface area contributed by atoms with Gasteiger partial charge in [0.25, 0.3) is 0 Å². The van der Waals surface area contributed by atoms with Crippen molar-refractivity contribution in [2.24, 2.45) is 11.8 Å². The zero-order chi connectivity index (χ0) is 13.7. The summed E-state index contributed by atoms with van der Waals surface area (Å²) in [6.07, 6.45) is 7.18. The molecule has 0 saturated heterocycles. The highest BCUT2D eigenvalue weighted by atomic mass is 16.3. The van der Waals surface area contributed by atoms with Crippen LogP contribution in [0.25, 0.3) is 0 Å². The van der Waals surface area contributed by atoms with Crippen LogP contribution >= 0.6 is 0 Å². The molecule has 2 atom stereocenters. The Morgan fingerprint density at radius 3 is 2.47 bits per heavy atom. The second kappa shape index (κ2) is 7.25. The van der Waals surface area contributed by atoms with Gasteiger partial charge in [-0.3, -0.25) is 4.79 Å². The first-order chi connectivity index (χ1) is 9.26. The highest BCUT2D eigenvalue weighted by Crippen LogP contribution is 2.29. The number of aliphatic hydroxyl groups excluding tert-OH is 1. The Hall–Kier alpha value is -0.610. The van der Waals surface area contributed by atoms with Crippen molar-refractivity contribution in [1.82, 2.24) is 10.2 Å². The Balaban J connectivity index is 1.68. The zero-order valence-corrected chi connectivity index (χ0v) is 12.1. The number of rotatable bonds is 7. The molecule has 1 amide bonds. The standard InChI is InChI=1S/C15H28N2O2/c1-2-17(14-7-8-14)15(19)10-16-9-12-5-3-4-6-13(12)11-18/h12-14,16,18H,2-11H2,1H3. The van der Waals surface area contributed by atoms with Crippen LogP contribution in [0.1, 0.15) is 45.4 Å². The molecule has 2 aliphatic rings. The largest absolute Gasteiger partial charge is 0.396 e. The first-order valence-corrected chi connectivity index (χ1v) is 7.87. The smallest absolute Gasteiger partial charge is 0.236 e. The van der Waals surface area contributed by atoms with Crippen LogP contribution in [-0.4, -0.2) is 48.2 Å². The van der Waals surface area contributed by atoms with E-state index in [2.05, 4.69) is 12.2 Å². The molecule has 2 N–H and O–H groups in total. The van der Waals surface area contributed by atoms with Crippen LogP contribution in [0.15, 0.2) is 0 Å². The molecular weight excluding hydrogens is 240 g/mol. The lowest BCUT2D eigenvalue weighted by molar-refractivity contribution is -0.130. The van der Waals surface area contributed by atoms with Crippen LogP contribution in [-0.2, 0) is 4.79 Å². The fourth-order valence-corrected chi connectivity index (χ4v) is 3.28. The molecule has 0 heterocycles. The van der Waals surface area contributed by atoms with E-state index >= 15 is 0 Å². The third kappa shape index (κ3) is 4.18. The van der Waals surface area contributed by atoms with Crippen molar-refractivity contribution in [2.45, 2.75) is 51.5 Å². The van der Waals surface area contributed by atoms with E-state index in [9.17, 15) is 9.90 Å². The predicted molar refractivity (Wildman–Crippen MR) is 75.8 cm³/mol. The van der Waals surface area contributed by atoms with E-state index in [1.54, 1.807) is 0 Å². The van der Waals surface area contributed by atoms with Gasteiger partial charge in [-0.2, -0.15) is 0 Å². The van der Waals surface area contributed by atoms with Crippen molar-refractivity contribution in [3.63, 3.8) is 0 Å². The quantitative estimate of drug-likeness (QED) is 0.733. The molecule has 4 nitrogen and oxygen atoms in total. The van der Waals surface area contributed by atoms with E-state index in [1.165, 1.54) is 32.1 Å². The van der Waals surface area contributed by atoms with Gasteiger partial charge in [-0.25, -0.2) is 0 Å². The Labute approximate surface area is 116 Å². The van der Waals surface area contributed by atoms with Crippen molar-refractivity contribution in [3.05, 3.63) is 0 Å². The van der Waals surface area contributed by atoms with E-state index in [-0.39, 0.29) is 5.91 Å². The number of amides is 1. The number of carbonyl (C=O) groups is 1. The number of carbonyl (C=O) groups excluding carboxylic acids is 1. The second-order valence-electron chi connectivity index (χ2n) is 6.03. The molecule has 2 aliphatic carbocycles. The van der Waals surface area contributed by atoms with Crippen molar-refractivity contribution in [2.75, 3.05) is 26.2 Å². The van der Waals surface area contributed by atoms with E-state index in [0.717, 1.165) is 19.5 Å². The van der Waals surface area contributed by atoms with Gasteiger partial charge in [-0.15, -0.1) is 0 Å². The summed E-state index contributed by atoms with van der Waals surface area (Å²) in [5.74, 6) is 1.21. The predicted octanol–water partition coefficient (Wildman–Crippen LogP) is 1.39. The lowest BCUT2D eigenvalue weighted by Crippen LogP contribution is -2.41. The summed E-state index contributed by atoms with van der Waals surface area (Å²) < 4.78 is 0. The summed E-state index contributed by atoms with van der Waals surface area (Å²) in [7, 11) is 0. The summed E-state index contributed by atoms with van der Waals surface area (Å²) in [5, 5.41) is 12.7. The van der Waals surface area contributed by atoms with Crippen LogP contribution in [0.4, 0.5) is 0 Å². The second-order valence-corrected chi connectivity index (χ2v) is 6.03. The number of nitrogens with zero attached hydrogens (tertiary/aromatic N) is 1. The molecule has 0 aromatic carbocycles. The minimum absolute atomic E-state index is 0.237. The molecule has 0 radical (unpaired) electrons. The minimum Gasteiger partial charge on any atom is -0.396 e. The van der Waals surface area contributed by atoms with Gasteiger partial charge in [0.05, 0.1) is 6.54 Å².